The molecule has 1 aliphatic rings. The first-order valence-electron chi connectivity index (χ1n) is 6.32. The maximum Gasteiger partial charge on any atom is 0.307 e. The summed E-state index contributed by atoms with van der Waals surface area (Å²) in [6.45, 7) is 2.04. The molecule has 0 saturated carbocycles. The molecule has 6 heteroatoms. The normalized spacial score (nSPS) is 22.9. The molecule has 0 aromatic heterocycles. The minimum Gasteiger partial charge on any atom is -0.272 e. The van der Waals surface area contributed by atoms with Gasteiger partial charge in [-0.05, 0) is 12.0 Å². The van der Waals surface area contributed by atoms with Gasteiger partial charge in [0.25, 0.3) is 5.91 Å². The van der Waals surface area contributed by atoms with Crippen LogP contribution in [0.4, 0.5) is 0 Å². The predicted molar refractivity (Wildman–Crippen MR) is 72.4 cm³/mol. The van der Waals surface area contributed by atoms with Gasteiger partial charge in [-0.2, -0.15) is 12.7 Å². The lowest BCUT2D eigenvalue weighted by Crippen LogP contribution is -2.32. The minimum absolute atomic E-state index is 0.104. The summed E-state index contributed by atoms with van der Waals surface area (Å²) in [4.78, 5) is 12.2. The summed E-state index contributed by atoms with van der Waals surface area (Å²) >= 11 is 0. The minimum atomic E-state index is -3.67. The lowest BCUT2D eigenvalue weighted by Gasteiger charge is -2.15. The van der Waals surface area contributed by atoms with Gasteiger partial charge in [-0.15, -0.1) is 0 Å². The van der Waals surface area contributed by atoms with E-state index in [1.165, 1.54) is 11.4 Å². The number of rotatable bonds is 4. The number of carbonyl (C=O) groups excluding carboxylic acids is 1. The number of hydrogen-bond donors (Lipinski definition) is 0. The van der Waals surface area contributed by atoms with Gasteiger partial charge in [0.2, 0.25) is 0 Å². The van der Waals surface area contributed by atoms with E-state index in [0.717, 1.165) is 16.3 Å². The molecule has 0 aliphatic carbocycles. The van der Waals surface area contributed by atoms with Gasteiger partial charge in [-0.1, -0.05) is 43.7 Å². The van der Waals surface area contributed by atoms with Crippen molar-refractivity contribution in [2.75, 3.05) is 7.05 Å². The molecular formula is C13H18N2O3S. The third-order valence-electron chi connectivity index (χ3n) is 3.34. The second-order valence-corrected chi connectivity index (χ2v) is 6.57. The zero-order valence-electron chi connectivity index (χ0n) is 11.1. The summed E-state index contributed by atoms with van der Waals surface area (Å²) in [7, 11) is -2.20. The van der Waals surface area contributed by atoms with E-state index in [9.17, 15) is 13.2 Å². The molecule has 1 unspecified atom stereocenters. The summed E-state index contributed by atoms with van der Waals surface area (Å²) in [6, 6.07) is 8.59. The van der Waals surface area contributed by atoms with E-state index in [1.54, 1.807) is 0 Å². The van der Waals surface area contributed by atoms with Crippen molar-refractivity contribution in [3.05, 3.63) is 35.9 Å². The standard InChI is InChI=1S/C13H18N2O3S/c1-3-7-12-13(16)15(19(17,18)14(12)2)10-11-8-5-4-6-9-11/h4-6,8-9,12H,3,7,10H2,1-2H3. The Morgan fingerprint density at radius 3 is 2.42 bits per heavy atom. The average molecular weight is 282 g/mol. The van der Waals surface area contributed by atoms with Crippen LogP contribution in [0, 0.1) is 0 Å². The molecule has 0 N–H and O–H groups in total. The van der Waals surface area contributed by atoms with Gasteiger partial charge in [-0.25, -0.2) is 4.31 Å². The van der Waals surface area contributed by atoms with Gasteiger partial charge >= 0.3 is 10.2 Å². The Bertz CT molecular complexity index is 557. The van der Waals surface area contributed by atoms with E-state index in [-0.39, 0.29) is 12.5 Å². The van der Waals surface area contributed by atoms with Gasteiger partial charge in [0, 0.05) is 7.05 Å². The molecule has 0 bridgehead atoms. The van der Waals surface area contributed by atoms with Crippen molar-refractivity contribution in [1.82, 2.24) is 8.61 Å². The molecule has 1 heterocycles. The lowest BCUT2D eigenvalue weighted by molar-refractivity contribution is -0.128. The van der Waals surface area contributed by atoms with Crippen molar-refractivity contribution in [2.45, 2.75) is 32.4 Å². The van der Waals surface area contributed by atoms with Gasteiger partial charge in [0.1, 0.15) is 6.04 Å². The van der Waals surface area contributed by atoms with Crippen LogP contribution in [0.3, 0.4) is 0 Å². The molecule has 2 rings (SSSR count). The highest BCUT2D eigenvalue weighted by atomic mass is 32.2. The van der Waals surface area contributed by atoms with Crippen LogP contribution in [0.1, 0.15) is 25.3 Å². The summed E-state index contributed by atoms with van der Waals surface area (Å²) in [5, 5.41) is 0. The Hall–Kier alpha value is -1.40. The summed E-state index contributed by atoms with van der Waals surface area (Å²) in [5.74, 6) is -0.326. The second kappa shape index (κ2) is 5.30. The number of nitrogens with zero attached hydrogens (tertiary/aromatic N) is 2. The number of benzene rings is 1. The Morgan fingerprint density at radius 1 is 1.21 bits per heavy atom. The monoisotopic (exact) mass is 282 g/mol. The molecule has 5 nitrogen and oxygen atoms in total. The Labute approximate surface area is 114 Å². The third kappa shape index (κ3) is 2.50. The van der Waals surface area contributed by atoms with Crippen molar-refractivity contribution >= 4 is 16.1 Å². The van der Waals surface area contributed by atoms with Gasteiger partial charge in [0.15, 0.2) is 0 Å². The molecule has 19 heavy (non-hydrogen) atoms. The molecular weight excluding hydrogens is 264 g/mol. The van der Waals surface area contributed by atoms with E-state index in [4.69, 9.17) is 0 Å². The molecule has 1 aromatic rings. The zero-order chi connectivity index (χ0) is 14.0. The number of hydrogen-bond acceptors (Lipinski definition) is 3. The maximum absolute atomic E-state index is 12.2. The molecule has 0 radical (unpaired) electrons. The van der Waals surface area contributed by atoms with Crippen LogP contribution in [0.25, 0.3) is 0 Å². The van der Waals surface area contributed by atoms with Gasteiger partial charge in [0.05, 0.1) is 6.54 Å². The SMILES string of the molecule is CCCC1C(=O)N(Cc2ccccc2)S(=O)(=O)N1C. The molecule has 1 fully saturated rings. The first-order valence-corrected chi connectivity index (χ1v) is 7.71. The smallest absolute Gasteiger partial charge is 0.272 e. The molecule has 1 aromatic carbocycles. The predicted octanol–water partition coefficient (Wildman–Crippen LogP) is 1.37. The van der Waals surface area contributed by atoms with Crippen LogP contribution in [0.5, 0.6) is 0 Å². The van der Waals surface area contributed by atoms with Crippen molar-refractivity contribution in [2.24, 2.45) is 0 Å². The van der Waals surface area contributed by atoms with Crippen LogP contribution in [-0.2, 0) is 21.5 Å². The quantitative estimate of drug-likeness (QED) is 0.838. The van der Waals surface area contributed by atoms with Crippen molar-refractivity contribution in [1.29, 1.82) is 0 Å². The van der Waals surface area contributed by atoms with Gasteiger partial charge < -0.3 is 0 Å². The van der Waals surface area contributed by atoms with Crippen LogP contribution >= 0.6 is 0 Å². The van der Waals surface area contributed by atoms with Crippen LogP contribution in [0.15, 0.2) is 30.3 Å². The third-order valence-corrected chi connectivity index (χ3v) is 5.19. The van der Waals surface area contributed by atoms with E-state index in [2.05, 4.69) is 0 Å². The molecule has 104 valence electrons. The van der Waals surface area contributed by atoms with E-state index in [1.807, 2.05) is 37.3 Å². The number of amides is 1. The summed E-state index contributed by atoms with van der Waals surface area (Å²) in [6.07, 6.45) is 1.33. The molecule has 1 amide bonds. The van der Waals surface area contributed by atoms with Crippen molar-refractivity contribution in [3.63, 3.8) is 0 Å². The zero-order valence-corrected chi connectivity index (χ0v) is 11.9. The average Bonchev–Trinajstić information content (AvgIpc) is 2.55. The topological polar surface area (TPSA) is 57.7 Å². The number of carbonyl (C=O) groups is 1. The fourth-order valence-electron chi connectivity index (χ4n) is 2.24. The first kappa shape index (κ1) is 14.0. The molecule has 1 saturated heterocycles. The lowest BCUT2D eigenvalue weighted by atomic mass is 10.1. The Morgan fingerprint density at radius 2 is 1.84 bits per heavy atom. The number of likely N-dealkylation sites (N-methyl/N-ethyl adjacent to an activating group) is 1. The first-order chi connectivity index (χ1) is 8.98. The summed E-state index contributed by atoms with van der Waals surface area (Å²) in [5.41, 5.74) is 0.810. The van der Waals surface area contributed by atoms with E-state index in [0.29, 0.717) is 6.42 Å². The van der Waals surface area contributed by atoms with E-state index < -0.39 is 16.3 Å². The Kier molecular flexibility index (Phi) is 3.91. The van der Waals surface area contributed by atoms with Crippen LogP contribution < -0.4 is 0 Å². The van der Waals surface area contributed by atoms with E-state index >= 15 is 0 Å². The highest BCUT2D eigenvalue weighted by Crippen LogP contribution is 2.26. The maximum atomic E-state index is 12.2. The summed E-state index contributed by atoms with van der Waals surface area (Å²) < 4.78 is 26.6. The second-order valence-electron chi connectivity index (χ2n) is 4.66. The van der Waals surface area contributed by atoms with Gasteiger partial charge in [-0.3, -0.25) is 4.79 Å². The molecule has 0 spiro atoms. The largest absolute Gasteiger partial charge is 0.307 e. The molecule has 1 aliphatic heterocycles. The van der Waals surface area contributed by atoms with Crippen molar-refractivity contribution < 1.29 is 13.2 Å². The van der Waals surface area contributed by atoms with Crippen molar-refractivity contribution in [3.8, 4) is 0 Å². The highest BCUT2D eigenvalue weighted by Gasteiger charge is 2.47. The highest BCUT2D eigenvalue weighted by molar-refractivity contribution is 7.87. The molecule has 1 atom stereocenters. The van der Waals surface area contributed by atoms with Crippen LogP contribution in [0.2, 0.25) is 0 Å². The fourth-order valence-corrected chi connectivity index (χ4v) is 3.73. The van der Waals surface area contributed by atoms with Crippen LogP contribution in [-0.4, -0.2) is 36.0 Å². The Balaban J connectivity index is 2.27. The fraction of sp³-hybridized carbons (Fsp3) is 0.462.